The van der Waals surface area contributed by atoms with E-state index in [2.05, 4.69) is 40.5 Å². The van der Waals surface area contributed by atoms with Crippen LogP contribution in [0, 0.1) is 0 Å². The summed E-state index contributed by atoms with van der Waals surface area (Å²) in [5.74, 6) is 0. The van der Waals surface area contributed by atoms with Crippen LogP contribution in [0.25, 0.3) is 0 Å². The molecule has 1 fully saturated rings. The number of benzene rings is 2. The van der Waals surface area contributed by atoms with Gasteiger partial charge in [-0.05, 0) is 41.7 Å². The van der Waals surface area contributed by atoms with Crippen LogP contribution in [0.2, 0.25) is 10.0 Å². The standard InChI is InChI=1S/C21H24Cl2N2O.2ClH/c22-18-6-5-16(13-19(18)23)20(25-10-8-24-9-11-25)14-21-17-4-2-1-3-15(17)7-12-26-21;;/h1-6,13,20-21,24H,7-12,14H2;2*1H. The van der Waals surface area contributed by atoms with Crippen LogP contribution < -0.4 is 5.32 Å². The zero-order valence-electron chi connectivity index (χ0n) is 15.6. The van der Waals surface area contributed by atoms with E-state index in [-0.39, 0.29) is 37.0 Å². The van der Waals surface area contributed by atoms with E-state index in [4.69, 9.17) is 27.9 Å². The molecule has 2 atom stereocenters. The van der Waals surface area contributed by atoms with Crippen molar-refractivity contribution in [2.75, 3.05) is 32.8 Å². The first-order valence-electron chi connectivity index (χ1n) is 9.31. The van der Waals surface area contributed by atoms with Crippen molar-refractivity contribution < 1.29 is 4.74 Å². The van der Waals surface area contributed by atoms with Gasteiger partial charge in [0.05, 0.1) is 22.8 Å². The normalized spacial score (nSPS) is 20.4. The Labute approximate surface area is 189 Å². The molecule has 1 N–H and O–H groups in total. The number of halogens is 4. The molecule has 1 saturated heterocycles. The summed E-state index contributed by atoms with van der Waals surface area (Å²) >= 11 is 12.5. The number of ether oxygens (including phenoxy) is 1. The first kappa shape index (κ1) is 23.8. The fraction of sp³-hybridized carbons (Fsp3) is 0.429. The Kier molecular flexibility index (Phi) is 9.36. The molecular formula is C21H26Cl4N2O. The molecule has 2 aromatic rings. The zero-order valence-corrected chi connectivity index (χ0v) is 18.7. The molecule has 28 heavy (non-hydrogen) atoms. The van der Waals surface area contributed by atoms with Gasteiger partial charge in [0, 0.05) is 32.2 Å². The molecule has 0 saturated carbocycles. The fourth-order valence-electron chi connectivity index (χ4n) is 4.08. The van der Waals surface area contributed by atoms with Crippen molar-refractivity contribution in [2.45, 2.75) is 25.0 Å². The van der Waals surface area contributed by atoms with Gasteiger partial charge in [-0.2, -0.15) is 0 Å². The molecule has 3 nitrogen and oxygen atoms in total. The van der Waals surface area contributed by atoms with Crippen molar-refractivity contribution in [1.29, 1.82) is 0 Å². The molecule has 7 heteroatoms. The number of fused-ring (bicyclic) bond motifs is 1. The number of rotatable bonds is 4. The third-order valence-corrected chi connectivity index (χ3v) is 6.19. The van der Waals surface area contributed by atoms with Crippen molar-refractivity contribution in [3.63, 3.8) is 0 Å². The van der Waals surface area contributed by atoms with E-state index in [1.54, 1.807) is 0 Å². The van der Waals surface area contributed by atoms with E-state index in [1.165, 1.54) is 16.7 Å². The lowest BCUT2D eigenvalue weighted by Gasteiger charge is -2.38. The Morgan fingerprint density at radius 1 is 1.04 bits per heavy atom. The smallest absolute Gasteiger partial charge is 0.0846 e. The Hall–Kier alpha value is -0.520. The van der Waals surface area contributed by atoms with Gasteiger partial charge >= 0.3 is 0 Å². The molecule has 2 aliphatic rings. The van der Waals surface area contributed by atoms with Gasteiger partial charge in [-0.15, -0.1) is 24.8 Å². The average Bonchev–Trinajstić information content (AvgIpc) is 2.69. The van der Waals surface area contributed by atoms with Crippen LogP contribution in [-0.4, -0.2) is 37.7 Å². The van der Waals surface area contributed by atoms with E-state index in [1.807, 2.05) is 12.1 Å². The number of nitrogens with one attached hydrogen (secondary N) is 1. The summed E-state index contributed by atoms with van der Waals surface area (Å²) in [6, 6.07) is 15.0. The van der Waals surface area contributed by atoms with Crippen LogP contribution in [0.3, 0.4) is 0 Å². The first-order chi connectivity index (χ1) is 12.7. The van der Waals surface area contributed by atoms with Crippen molar-refractivity contribution in [2.24, 2.45) is 0 Å². The minimum absolute atomic E-state index is 0. The van der Waals surface area contributed by atoms with Gasteiger partial charge in [0.1, 0.15) is 0 Å². The second kappa shape index (κ2) is 11.0. The molecule has 0 spiro atoms. The van der Waals surface area contributed by atoms with Crippen molar-refractivity contribution >= 4 is 48.0 Å². The summed E-state index contributed by atoms with van der Waals surface area (Å²) in [5.41, 5.74) is 3.96. The van der Waals surface area contributed by atoms with E-state index >= 15 is 0 Å². The number of nitrogens with zero attached hydrogens (tertiary/aromatic N) is 1. The second-order valence-electron chi connectivity index (χ2n) is 7.02. The highest BCUT2D eigenvalue weighted by atomic mass is 35.5. The van der Waals surface area contributed by atoms with Gasteiger partial charge in [0.15, 0.2) is 0 Å². The fourth-order valence-corrected chi connectivity index (χ4v) is 4.39. The molecule has 0 bridgehead atoms. The predicted molar refractivity (Wildman–Crippen MR) is 122 cm³/mol. The summed E-state index contributed by atoms with van der Waals surface area (Å²) in [4.78, 5) is 2.54. The molecule has 0 radical (unpaired) electrons. The minimum atomic E-state index is 0. The molecule has 0 amide bonds. The third kappa shape index (κ3) is 5.34. The van der Waals surface area contributed by atoms with Crippen LogP contribution in [0.1, 0.15) is 35.3 Å². The maximum Gasteiger partial charge on any atom is 0.0846 e. The largest absolute Gasteiger partial charge is 0.373 e. The van der Waals surface area contributed by atoms with Crippen LogP contribution in [-0.2, 0) is 11.2 Å². The van der Waals surface area contributed by atoms with Gasteiger partial charge < -0.3 is 10.1 Å². The quantitative estimate of drug-likeness (QED) is 0.648. The lowest BCUT2D eigenvalue weighted by Crippen LogP contribution is -2.45. The Balaban J connectivity index is 0.00000140. The predicted octanol–water partition coefficient (Wildman–Crippen LogP) is 5.49. The first-order valence-corrected chi connectivity index (χ1v) is 10.1. The monoisotopic (exact) mass is 462 g/mol. The summed E-state index contributed by atoms with van der Waals surface area (Å²) in [6.45, 7) is 4.87. The molecule has 154 valence electrons. The van der Waals surface area contributed by atoms with Crippen LogP contribution in [0.15, 0.2) is 42.5 Å². The van der Waals surface area contributed by atoms with Gasteiger partial charge in [0.25, 0.3) is 0 Å². The molecular weight excluding hydrogens is 438 g/mol. The topological polar surface area (TPSA) is 24.5 Å². The van der Waals surface area contributed by atoms with Gasteiger partial charge in [-0.1, -0.05) is 53.5 Å². The van der Waals surface area contributed by atoms with Crippen LogP contribution in [0.4, 0.5) is 0 Å². The average molecular weight is 464 g/mol. The summed E-state index contributed by atoms with van der Waals surface area (Å²) in [7, 11) is 0. The highest BCUT2D eigenvalue weighted by Crippen LogP contribution is 2.38. The summed E-state index contributed by atoms with van der Waals surface area (Å²) < 4.78 is 6.20. The van der Waals surface area contributed by atoms with Gasteiger partial charge in [0.2, 0.25) is 0 Å². The molecule has 2 unspecified atom stereocenters. The van der Waals surface area contributed by atoms with Crippen LogP contribution in [0.5, 0.6) is 0 Å². The van der Waals surface area contributed by atoms with E-state index in [0.29, 0.717) is 10.0 Å². The Morgan fingerprint density at radius 2 is 1.79 bits per heavy atom. The van der Waals surface area contributed by atoms with Crippen molar-refractivity contribution in [3.05, 3.63) is 69.2 Å². The molecule has 0 aliphatic carbocycles. The number of piperazine rings is 1. The van der Waals surface area contributed by atoms with Crippen molar-refractivity contribution in [1.82, 2.24) is 10.2 Å². The zero-order chi connectivity index (χ0) is 17.9. The third-order valence-electron chi connectivity index (χ3n) is 5.45. The molecule has 2 aliphatic heterocycles. The lowest BCUT2D eigenvalue weighted by atomic mass is 9.90. The highest BCUT2D eigenvalue weighted by Gasteiger charge is 2.29. The number of hydrogen-bond acceptors (Lipinski definition) is 3. The number of hydrogen-bond donors (Lipinski definition) is 1. The van der Waals surface area contributed by atoms with E-state index in [0.717, 1.165) is 45.6 Å². The van der Waals surface area contributed by atoms with Gasteiger partial charge in [-0.3, -0.25) is 4.90 Å². The van der Waals surface area contributed by atoms with Crippen LogP contribution >= 0.6 is 48.0 Å². The summed E-state index contributed by atoms with van der Waals surface area (Å²) in [6.07, 6.45) is 2.04. The SMILES string of the molecule is Cl.Cl.Clc1ccc(C(CC2OCCc3ccccc32)N2CCNCC2)cc1Cl. The Morgan fingerprint density at radius 3 is 2.54 bits per heavy atom. The molecule has 2 heterocycles. The minimum Gasteiger partial charge on any atom is -0.373 e. The maximum absolute atomic E-state index is 6.33. The van der Waals surface area contributed by atoms with E-state index in [9.17, 15) is 0 Å². The second-order valence-corrected chi connectivity index (χ2v) is 7.83. The molecule has 0 aromatic heterocycles. The molecule has 4 rings (SSSR count). The maximum atomic E-state index is 6.33. The lowest BCUT2D eigenvalue weighted by molar-refractivity contribution is 0.0119. The van der Waals surface area contributed by atoms with Crippen molar-refractivity contribution in [3.8, 4) is 0 Å². The highest BCUT2D eigenvalue weighted by molar-refractivity contribution is 6.42. The van der Waals surface area contributed by atoms with Gasteiger partial charge in [-0.25, -0.2) is 0 Å². The Bertz CT molecular complexity index is 768. The van der Waals surface area contributed by atoms with E-state index < -0.39 is 0 Å². The molecule has 2 aromatic carbocycles. The summed E-state index contributed by atoms with van der Waals surface area (Å²) in [5, 5.41) is 4.67.